The molecule has 0 unspecified atom stereocenters. The second-order valence-electron chi connectivity index (χ2n) is 18.8. The van der Waals surface area contributed by atoms with Gasteiger partial charge < -0.3 is 150 Å². The number of carbonyl (C=O) groups excluding carboxylic acids is 3. The van der Waals surface area contributed by atoms with Gasteiger partial charge in [-0.05, 0) is 6.92 Å². The first-order valence-corrected chi connectivity index (χ1v) is 23.9. The molecular weight excluding hydrogens is 1030 g/mol. The third-order valence-corrected chi connectivity index (χ3v) is 13.2. The van der Waals surface area contributed by atoms with Gasteiger partial charge >= 0.3 is 0 Å². The van der Waals surface area contributed by atoms with Crippen LogP contribution in [0, 0.1) is 0 Å². The third kappa shape index (κ3) is 14.8. The fraction of sp³-hybridized carbons (Fsp3) is 0.929. The topological polar surface area (TPSA) is 524 Å². The Morgan fingerprint density at radius 1 is 0.480 bits per heavy atom. The number of amides is 3. The smallest absolute Gasteiger partial charge is 0.217 e. The number of aliphatic hydroxyl groups excluding tert-OH is 17. The molecule has 0 aromatic rings. The first kappa shape index (κ1) is 63.2. The fourth-order valence-corrected chi connectivity index (χ4v) is 9.15. The van der Waals surface area contributed by atoms with Crippen LogP contribution in [0.5, 0.6) is 0 Å². The summed E-state index contributed by atoms with van der Waals surface area (Å²) in [5.41, 5.74) is 0. The molecule has 0 saturated carbocycles. The molecule has 33 heteroatoms. The SMILES string of the molecule is CC(=O)N[C@H]1[C@H](OC[C@@H](O)[C@H](O)[C@H](O[C@@H]2O[C@H](CO)[C@H](O)[C@H](O[C@H]3O[C@H](CO)[C@H](O)[C@H](O)[C@H]3NC(C)=O)[C@H]2O[C@@H]2O[C@@H](C)[C@@H](O)[C@@H](O)[C@@H]2O)[C@H](CO)NC(C)=O)O[C@H](CO)[C@@H](O[C@@H]2O[C@H](CO)[C@H](O)[C@H](O)[C@H]2O)[C@@H]1O. The molecule has 5 rings (SSSR count). The highest BCUT2D eigenvalue weighted by molar-refractivity contribution is 5.74. The summed E-state index contributed by atoms with van der Waals surface area (Å²) in [6.45, 7) is -1.72. The molecule has 20 N–H and O–H groups in total. The van der Waals surface area contributed by atoms with E-state index in [1.165, 1.54) is 6.92 Å². The molecule has 0 bridgehead atoms. The second-order valence-corrected chi connectivity index (χ2v) is 18.8. The van der Waals surface area contributed by atoms with E-state index in [0.717, 1.165) is 20.8 Å². The lowest BCUT2D eigenvalue weighted by atomic mass is 9.94. The maximum absolute atomic E-state index is 12.5. The van der Waals surface area contributed by atoms with Crippen molar-refractivity contribution >= 4 is 17.7 Å². The van der Waals surface area contributed by atoms with E-state index in [1.54, 1.807) is 0 Å². The van der Waals surface area contributed by atoms with Crippen LogP contribution in [0.1, 0.15) is 27.7 Å². The zero-order chi connectivity index (χ0) is 55.9. The van der Waals surface area contributed by atoms with Crippen molar-refractivity contribution in [1.82, 2.24) is 16.0 Å². The first-order chi connectivity index (χ1) is 35.3. The van der Waals surface area contributed by atoms with Crippen molar-refractivity contribution in [1.29, 1.82) is 0 Å². The van der Waals surface area contributed by atoms with E-state index in [2.05, 4.69) is 16.0 Å². The van der Waals surface area contributed by atoms with E-state index in [4.69, 9.17) is 47.4 Å². The van der Waals surface area contributed by atoms with Crippen molar-refractivity contribution in [2.24, 2.45) is 0 Å². The number of rotatable bonds is 22. The molecule has 436 valence electrons. The molecular formula is C42H73N3O30. The van der Waals surface area contributed by atoms with E-state index in [0.29, 0.717) is 0 Å². The molecule has 3 amide bonds. The van der Waals surface area contributed by atoms with Crippen LogP contribution in [0.15, 0.2) is 0 Å². The lowest BCUT2D eigenvalue weighted by Gasteiger charge is -2.50. The quantitative estimate of drug-likeness (QED) is 0.0479. The lowest BCUT2D eigenvalue weighted by Crippen LogP contribution is -2.69. The summed E-state index contributed by atoms with van der Waals surface area (Å²) in [5.74, 6) is -2.48. The summed E-state index contributed by atoms with van der Waals surface area (Å²) < 4.78 is 58.1. The number of nitrogens with one attached hydrogen (secondary N) is 3. The van der Waals surface area contributed by atoms with Crippen LogP contribution in [-0.2, 0) is 61.8 Å². The molecule has 0 radical (unpaired) electrons. The van der Waals surface area contributed by atoms with Crippen LogP contribution in [-0.4, -0.2) is 322 Å². The van der Waals surface area contributed by atoms with Crippen LogP contribution >= 0.6 is 0 Å². The summed E-state index contributed by atoms with van der Waals surface area (Å²) in [7, 11) is 0. The van der Waals surface area contributed by atoms with Gasteiger partial charge in [-0.25, -0.2) is 0 Å². The predicted octanol–water partition coefficient (Wildman–Crippen LogP) is -13.0. The van der Waals surface area contributed by atoms with Crippen LogP contribution in [0.3, 0.4) is 0 Å². The molecule has 0 spiro atoms. The van der Waals surface area contributed by atoms with Crippen LogP contribution in [0.25, 0.3) is 0 Å². The van der Waals surface area contributed by atoms with E-state index >= 15 is 0 Å². The van der Waals surface area contributed by atoms with Gasteiger partial charge in [0.1, 0.15) is 134 Å². The Hall–Kier alpha value is -2.67. The number of carbonyl (C=O) groups is 3. The zero-order valence-corrected chi connectivity index (χ0v) is 40.9. The van der Waals surface area contributed by atoms with Crippen molar-refractivity contribution in [2.45, 2.75) is 205 Å². The van der Waals surface area contributed by atoms with Crippen molar-refractivity contribution in [3.8, 4) is 0 Å². The highest BCUT2D eigenvalue weighted by Crippen LogP contribution is 2.36. The molecule has 75 heavy (non-hydrogen) atoms. The minimum absolute atomic E-state index is 0.802. The van der Waals surface area contributed by atoms with Crippen molar-refractivity contribution in [2.75, 3.05) is 39.6 Å². The Morgan fingerprint density at radius 3 is 1.47 bits per heavy atom. The Kier molecular flexibility index (Phi) is 23.5. The molecule has 29 atom stereocenters. The number of ether oxygens (including phenoxy) is 10. The fourth-order valence-electron chi connectivity index (χ4n) is 9.15. The lowest BCUT2D eigenvalue weighted by molar-refractivity contribution is -0.392. The molecule has 0 aromatic carbocycles. The maximum atomic E-state index is 12.5. The summed E-state index contributed by atoms with van der Waals surface area (Å²) in [6, 6.07) is -5.12. The standard InChI is InChI=1S/C42H73N3O30/c1-11-23(55)30(62)32(64)40(67-11)75-37-36(74-39-21(44-13(3)52)28(60)25(57)17(6-47)68-39)27(59)19(8-49)70-42(37)72-34(15(5-46)43-12(2)51)24(56)16(54)10-66-38-22(45-14(4)53)29(61)35(20(9-50)71-38)73-41-33(65)31(63)26(58)18(7-48)69-41/h11,15-42,46-50,54-65H,5-10H2,1-4H3,(H,43,51)(H,44,52)(H,45,53)/t11-,15-,16+,17+,18+,19+,20+,21+,22+,23+,24-,25-,26-,27-,28+,29+,30+,31-,32-,33+,34+,35+,36-,37+,38+,39+,40-,41-,42-/m0/s1. The van der Waals surface area contributed by atoms with Gasteiger partial charge in [-0.3, -0.25) is 14.4 Å². The number of aliphatic hydroxyl groups is 17. The maximum Gasteiger partial charge on any atom is 0.217 e. The van der Waals surface area contributed by atoms with Crippen molar-refractivity contribution in [3.63, 3.8) is 0 Å². The number of hydrogen-bond acceptors (Lipinski definition) is 30. The Labute approximate surface area is 426 Å². The van der Waals surface area contributed by atoms with Gasteiger partial charge in [0.25, 0.3) is 0 Å². The van der Waals surface area contributed by atoms with E-state index in [1.807, 2.05) is 0 Å². The molecule has 5 saturated heterocycles. The summed E-state index contributed by atoms with van der Waals surface area (Å²) in [4.78, 5) is 37.2. The summed E-state index contributed by atoms with van der Waals surface area (Å²) in [5, 5.41) is 190. The molecule has 5 aliphatic rings. The minimum Gasteiger partial charge on any atom is -0.394 e. The highest BCUT2D eigenvalue weighted by Gasteiger charge is 2.57. The van der Waals surface area contributed by atoms with Crippen molar-refractivity contribution < 1.29 is 149 Å². The Bertz CT molecular complexity index is 1800. The second kappa shape index (κ2) is 28.0. The molecule has 5 aliphatic heterocycles. The molecule has 0 aliphatic carbocycles. The van der Waals surface area contributed by atoms with E-state index in [-0.39, 0.29) is 0 Å². The van der Waals surface area contributed by atoms with Crippen molar-refractivity contribution in [3.05, 3.63) is 0 Å². The molecule has 5 heterocycles. The van der Waals surface area contributed by atoms with Crippen LogP contribution < -0.4 is 16.0 Å². The molecule has 5 fully saturated rings. The van der Waals surface area contributed by atoms with Gasteiger partial charge in [0.2, 0.25) is 17.7 Å². The monoisotopic (exact) mass is 1100 g/mol. The highest BCUT2D eigenvalue weighted by atomic mass is 16.8. The Balaban J connectivity index is 1.47. The predicted molar refractivity (Wildman–Crippen MR) is 235 cm³/mol. The van der Waals surface area contributed by atoms with E-state index < -0.39 is 235 Å². The molecule has 33 nitrogen and oxygen atoms in total. The Morgan fingerprint density at radius 2 is 0.933 bits per heavy atom. The van der Waals surface area contributed by atoms with Gasteiger partial charge in [0.15, 0.2) is 31.5 Å². The van der Waals surface area contributed by atoms with Gasteiger partial charge in [0.05, 0.1) is 51.8 Å². The van der Waals surface area contributed by atoms with Gasteiger partial charge in [-0.2, -0.15) is 0 Å². The minimum atomic E-state index is -2.37. The van der Waals surface area contributed by atoms with Gasteiger partial charge in [-0.15, -0.1) is 0 Å². The van der Waals surface area contributed by atoms with Gasteiger partial charge in [-0.1, -0.05) is 0 Å². The normalized spacial score (nSPS) is 44.2. The molecule has 0 aromatic heterocycles. The largest absolute Gasteiger partial charge is 0.394 e. The van der Waals surface area contributed by atoms with Crippen LogP contribution in [0.4, 0.5) is 0 Å². The average molecular weight is 1100 g/mol. The number of hydrogen-bond donors (Lipinski definition) is 20. The van der Waals surface area contributed by atoms with Gasteiger partial charge in [0, 0.05) is 20.8 Å². The summed E-state index contributed by atoms with van der Waals surface area (Å²) >= 11 is 0. The zero-order valence-electron chi connectivity index (χ0n) is 40.9. The first-order valence-electron chi connectivity index (χ1n) is 23.9. The van der Waals surface area contributed by atoms with E-state index in [9.17, 15) is 101 Å². The average Bonchev–Trinajstić information content (AvgIpc) is 3.37. The third-order valence-electron chi connectivity index (χ3n) is 13.2. The summed E-state index contributed by atoms with van der Waals surface area (Å²) in [6.07, 6.45) is -49.5. The van der Waals surface area contributed by atoms with Crippen LogP contribution in [0.2, 0.25) is 0 Å².